The molecule has 1 N–H and O–H groups in total. The van der Waals surface area contributed by atoms with Gasteiger partial charge in [-0.3, -0.25) is 4.79 Å². The summed E-state index contributed by atoms with van der Waals surface area (Å²) in [4.78, 5) is 25.3. The zero-order valence-corrected chi connectivity index (χ0v) is 15.0. The third-order valence-corrected chi connectivity index (χ3v) is 4.65. The van der Waals surface area contributed by atoms with Gasteiger partial charge in [0.05, 0.1) is 12.4 Å². The number of nitrogens with zero attached hydrogens (tertiary/aromatic N) is 4. The molecule has 26 heavy (non-hydrogen) atoms. The molecule has 1 fully saturated rings. The van der Waals surface area contributed by atoms with Gasteiger partial charge < -0.3 is 15.1 Å². The second-order valence-electron chi connectivity index (χ2n) is 6.28. The van der Waals surface area contributed by atoms with E-state index < -0.39 is 0 Å². The summed E-state index contributed by atoms with van der Waals surface area (Å²) >= 11 is 0. The van der Waals surface area contributed by atoms with E-state index in [9.17, 15) is 9.18 Å². The van der Waals surface area contributed by atoms with Gasteiger partial charge in [-0.15, -0.1) is 0 Å². The summed E-state index contributed by atoms with van der Waals surface area (Å²) in [6.45, 7) is 7.42. The Labute approximate surface area is 153 Å². The number of nitrogens with one attached hydrogen (secondary N) is 1. The van der Waals surface area contributed by atoms with Crippen LogP contribution in [0.1, 0.15) is 23.0 Å². The fourth-order valence-corrected chi connectivity index (χ4v) is 3.00. The Morgan fingerprint density at radius 3 is 2.58 bits per heavy atom. The summed E-state index contributed by atoms with van der Waals surface area (Å²) in [5, 5.41) is 2.76. The van der Waals surface area contributed by atoms with Crippen LogP contribution in [-0.2, 0) is 6.42 Å². The predicted molar refractivity (Wildman–Crippen MR) is 98.8 cm³/mol. The minimum Gasteiger partial charge on any atom is -0.353 e. The molecule has 7 heteroatoms. The van der Waals surface area contributed by atoms with Gasteiger partial charge in [-0.1, -0.05) is 25.1 Å². The lowest BCUT2D eigenvalue weighted by molar-refractivity contribution is 0.0948. The number of amides is 1. The van der Waals surface area contributed by atoms with E-state index in [4.69, 9.17) is 0 Å². The molecular formula is C19H24FN5O. The molecule has 0 unspecified atom stereocenters. The molecule has 0 aliphatic carbocycles. The highest BCUT2D eigenvalue weighted by Crippen LogP contribution is 2.12. The Balaban J connectivity index is 1.50. The molecule has 1 aliphatic rings. The van der Waals surface area contributed by atoms with Crippen LogP contribution < -0.4 is 10.2 Å². The molecule has 2 aromatic rings. The van der Waals surface area contributed by atoms with Gasteiger partial charge in [0.1, 0.15) is 17.3 Å². The minimum atomic E-state index is -0.295. The van der Waals surface area contributed by atoms with Crippen molar-refractivity contribution >= 4 is 11.7 Å². The lowest BCUT2D eigenvalue weighted by Crippen LogP contribution is -2.46. The van der Waals surface area contributed by atoms with Crippen LogP contribution in [0.4, 0.5) is 10.2 Å². The third kappa shape index (κ3) is 4.54. The van der Waals surface area contributed by atoms with Crippen molar-refractivity contribution in [2.24, 2.45) is 0 Å². The molecule has 0 saturated carbocycles. The molecule has 1 amide bonds. The predicted octanol–water partition coefficient (Wildman–Crippen LogP) is 1.73. The Bertz CT molecular complexity index is 729. The number of hydrogen-bond acceptors (Lipinski definition) is 5. The first-order chi connectivity index (χ1) is 12.7. The molecule has 3 rings (SSSR count). The standard InChI is InChI=1S/C19H24FN5O/c1-2-24-9-11-25(12-10-24)18-14-22-17(13-23-18)19(26)21-8-7-15-5-3-4-6-16(15)20/h3-6,13-14H,2,7-12H2,1H3,(H,21,26). The number of halogens is 1. The third-order valence-electron chi connectivity index (χ3n) is 4.65. The number of likely N-dealkylation sites (N-methyl/N-ethyl adjacent to an activating group) is 1. The number of aromatic nitrogens is 2. The van der Waals surface area contributed by atoms with Crippen molar-refractivity contribution < 1.29 is 9.18 Å². The Morgan fingerprint density at radius 2 is 1.92 bits per heavy atom. The van der Waals surface area contributed by atoms with Crippen molar-refractivity contribution in [3.05, 3.63) is 53.7 Å². The number of benzene rings is 1. The maximum atomic E-state index is 13.6. The fraction of sp³-hybridized carbons (Fsp3) is 0.421. The molecular weight excluding hydrogens is 333 g/mol. The van der Waals surface area contributed by atoms with E-state index >= 15 is 0 Å². The maximum Gasteiger partial charge on any atom is 0.271 e. The first-order valence-electron chi connectivity index (χ1n) is 8.98. The zero-order valence-electron chi connectivity index (χ0n) is 15.0. The van der Waals surface area contributed by atoms with E-state index in [1.807, 2.05) is 0 Å². The number of piperazine rings is 1. The first kappa shape index (κ1) is 18.3. The van der Waals surface area contributed by atoms with E-state index in [2.05, 4.69) is 32.0 Å². The van der Waals surface area contributed by atoms with Crippen molar-refractivity contribution in [3.63, 3.8) is 0 Å². The molecule has 138 valence electrons. The van der Waals surface area contributed by atoms with Gasteiger partial charge in [-0.25, -0.2) is 14.4 Å². The van der Waals surface area contributed by atoms with Crippen LogP contribution in [-0.4, -0.2) is 60.0 Å². The monoisotopic (exact) mass is 357 g/mol. The van der Waals surface area contributed by atoms with Gasteiger partial charge in [0.15, 0.2) is 0 Å². The van der Waals surface area contributed by atoms with Crippen LogP contribution in [0.2, 0.25) is 0 Å². The molecule has 2 heterocycles. The van der Waals surface area contributed by atoms with Crippen molar-refractivity contribution in [1.82, 2.24) is 20.2 Å². The van der Waals surface area contributed by atoms with E-state index in [0.29, 0.717) is 18.5 Å². The van der Waals surface area contributed by atoms with Crippen molar-refractivity contribution in [1.29, 1.82) is 0 Å². The van der Waals surface area contributed by atoms with Gasteiger partial charge in [0.25, 0.3) is 5.91 Å². The van der Waals surface area contributed by atoms with E-state index in [-0.39, 0.29) is 17.4 Å². The average molecular weight is 357 g/mol. The quantitative estimate of drug-likeness (QED) is 0.853. The summed E-state index contributed by atoms with van der Waals surface area (Å²) < 4.78 is 13.6. The van der Waals surface area contributed by atoms with E-state index in [1.54, 1.807) is 24.4 Å². The molecule has 1 aromatic carbocycles. The highest BCUT2D eigenvalue weighted by atomic mass is 19.1. The van der Waals surface area contributed by atoms with Crippen LogP contribution in [0.3, 0.4) is 0 Å². The first-order valence-corrected chi connectivity index (χ1v) is 8.98. The molecule has 0 radical (unpaired) electrons. The summed E-state index contributed by atoms with van der Waals surface area (Å²) in [6, 6.07) is 6.57. The number of carbonyl (C=O) groups is 1. The number of anilines is 1. The van der Waals surface area contributed by atoms with Crippen molar-refractivity contribution in [2.75, 3.05) is 44.2 Å². The van der Waals surface area contributed by atoms with E-state index in [1.165, 1.54) is 12.3 Å². The number of hydrogen-bond donors (Lipinski definition) is 1. The van der Waals surface area contributed by atoms with Gasteiger partial charge in [-0.2, -0.15) is 0 Å². The van der Waals surface area contributed by atoms with Gasteiger partial charge in [0, 0.05) is 32.7 Å². The normalized spacial score (nSPS) is 15.1. The molecule has 1 saturated heterocycles. The largest absolute Gasteiger partial charge is 0.353 e. The van der Waals surface area contributed by atoms with Crippen LogP contribution >= 0.6 is 0 Å². The molecule has 6 nitrogen and oxygen atoms in total. The second-order valence-corrected chi connectivity index (χ2v) is 6.28. The van der Waals surface area contributed by atoms with Crippen molar-refractivity contribution in [2.45, 2.75) is 13.3 Å². The van der Waals surface area contributed by atoms with Crippen LogP contribution in [0.5, 0.6) is 0 Å². The fourth-order valence-electron chi connectivity index (χ4n) is 3.00. The van der Waals surface area contributed by atoms with Crippen LogP contribution in [0, 0.1) is 5.82 Å². The molecule has 0 bridgehead atoms. The smallest absolute Gasteiger partial charge is 0.271 e. The summed E-state index contributed by atoms with van der Waals surface area (Å²) in [5.41, 5.74) is 0.856. The van der Waals surface area contributed by atoms with Crippen molar-refractivity contribution in [3.8, 4) is 0 Å². The Hall–Kier alpha value is -2.54. The van der Waals surface area contributed by atoms with E-state index in [0.717, 1.165) is 38.5 Å². The second kappa shape index (κ2) is 8.71. The summed E-state index contributed by atoms with van der Waals surface area (Å²) in [5.74, 6) is 0.244. The zero-order chi connectivity index (χ0) is 18.4. The molecule has 1 aromatic heterocycles. The highest BCUT2D eigenvalue weighted by molar-refractivity contribution is 5.92. The summed E-state index contributed by atoms with van der Waals surface area (Å²) in [6.07, 6.45) is 3.58. The maximum absolute atomic E-state index is 13.6. The molecule has 0 spiro atoms. The topological polar surface area (TPSA) is 61.4 Å². The number of rotatable bonds is 6. The molecule has 1 aliphatic heterocycles. The average Bonchev–Trinajstić information content (AvgIpc) is 2.69. The summed E-state index contributed by atoms with van der Waals surface area (Å²) in [7, 11) is 0. The number of carbonyl (C=O) groups excluding carboxylic acids is 1. The minimum absolute atomic E-state index is 0.255. The highest BCUT2D eigenvalue weighted by Gasteiger charge is 2.17. The van der Waals surface area contributed by atoms with Crippen LogP contribution in [0.15, 0.2) is 36.7 Å². The van der Waals surface area contributed by atoms with Gasteiger partial charge >= 0.3 is 0 Å². The lowest BCUT2D eigenvalue weighted by atomic mass is 10.1. The van der Waals surface area contributed by atoms with Gasteiger partial charge in [0.2, 0.25) is 0 Å². The Kier molecular flexibility index (Phi) is 6.12. The molecule has 0 atom stereocenters. The Morgan fingerprint density at radius 1 is 1.15 bits per heavy atom. The van der Waals surface area contributed by atoms with Gasteiger partial charge in [-0.05, 0) is 24.6 Å². The van der Waals surface area contributed by atoms with Crippen LogP contribution in [0.25, 0.3) is 0 Å². The SMILES string of the molecule is CCN1CCN(c2cnc(C(=O)NCCc3ccccc3F)cn2)CC1. The lowest BCUT2D eigenvalue weighted by Gasteiger charge is -2.34.